The highest BCUT2D eigenvalue weighted by Gasteiger charge is 2.53. The van der Waals surface area contributed by atoms with Gasteiger partial charge >= 0.3 is 0 Å². The van der Waals surface area contributed by atoms with Crippen molar-refractivity contribution in [2.75, 3.05) is 11.5 Å². The SMILES string of the molecule is CCCC1CCC(C2Cc3c(c(F)cc4ccccc34)C23SCCCS3)CC1. The lowest BCUT2D eigenvalue weighted by Gasteiger charge is -2.44. The number of hydrogen-bond acceptors (Lipinski definition) is 2. The number of rotatable bonds is 3. The molecule has 2 aromatic carbocycles. The van der Waals surface area contributed by atoms with E-state index in [-0.39, 0.29) is 9.90 Å². The van der Waals surface area contributed by atoms with Crippen molar-refractivity contribution in [3.63, 3.8) is 0 Å². The predicted octanol–water partition coefficient (Wildman–Crippen LogP) is 7.78. The first-order valence-electron chi connectivity index (χ1n) is 11.2. The molecule has 1 spiro atoms. The van der Waals surface area contributed by atoms with E-state index in [4.69, 9.17) is 0 Å². The average molecular weight is 415 g/mol. The smallest absolute Gasteiger partial charge is 0.129 e. The molecule has 2 aliphatic carbocycles. The van der Waals surface area contributed by atoms with Gasteiger partial charge in [-0.15, -0.1) is 23.5 Å². The van der Waals surface area contributed by atoms with Crippen LogP contribution in [0.3, 0.4) is 0 Å². The van der Waals surface area contributed by atoms with Gasteiger partial charge in [0.05, 0.1) is 4.08 Å². The second-order valence-electron chi connectivity index (χ2n) is 9.03. The maximum absolute atomic E-state index is 15.5. The minimum Gasteiger partial charge on any atom is -0.207 e. The molecule has 0 bridgehead atoms. The summed E-state index contributed by atoms with van der Waals surface area (Å²) in [5.41, 5.74) is 2.40. The topological polar surface area (TPSA) is 0 Å². The number of benzene rings is 2. The summed E-state index contributed by atoms with van der Waals surface area (Å²) in [5, 5.41) is 2.37. The first-order valence-corrected chi connectivity index (χ1v) is 13.2. The van der Waals surface area contributed by atoms with E-state index >= 15 is 4.39 Å². The Balaban J connectivity index is 1.55. The van der Waals surface area contributed by atoms with Crippen LogP contribution < -0.4 is 0 Å². The van der Waals surface area contributed by atoms with Crippen LogP contribution in [0.15, 0.2) is 30.3 Å². The molecule has 2 aromatic rings. The highest BCUT2D eigenvalue weighted by molar-refractivity contribution is 8.18. The molecule has 1 aliphatic heterocycles. The van der Waals surface area contributed by atoms with Crippen molar-refractivity contribution >= 4 is 34.3 Å². The Hall–Kier alpha value is -0.670. The van der Waals surface area contributed by atoms with Crippen molar-refractivity contribution in [2.24, 2.45) is 17.8 Å². The average Bonchev–Trinajstić information content (AvgIpc) is 3.05. The summed E-state index contributed by atoms with van der Waals surface area (Å²) in [7, 11) is 0. The maximum atomic E-state index is 15.5. The van der Waals surface area contributed by atoms with Gasteiger partial charge in [-0.3, -0.25) is 0 Å². The van der Waals surface area contributed by atoms with Crippen LogP contribution in [0, 0.1) is 23.6 Å². The zero-order chi connectivity index (χ0) is 19.1. The quantitative estimate of drug-likeness (QED) is 0.503. The van der Waals surface area contributed by atoms with Crippen LogP contribution in [0.4, 0.5) is 4.39 Å². The van der Waals surface area contributed by atoms with Gasteiger partial charge in [0.1, 0.15) is 5.82 Å². The van der Waals surface area contributed by atoms with Crippen molar-refractivity contribution in [1.29, 1.82) is 0 Å². The molecule has 0 nitrogen and oxygen atoms in total. The lowest BCUT2D eigenvalue weighted by atomic mass is 9.73. The Bertz CT molecular complexity index is 847. The minimum atomic E-state index is -0.0377. The van der Waals surface area contributed by atoms with Gasteiger partial charge in [0.15, 0.2) is 0 Å². The summed E-state index contributed by atoms with van der Waals surface area (Å²) in [6.07, 6.45) is 10.5. The Morgan fingerprint density at radius 1 is 1.07 bits per heavy atom. The van der Waals surface area contributed by atoms with E-state index in [1.807, 2.05) is 12.1 Å². The van der Waals surface area contributed by atoms with Crippen LogP contribution in [0.2, 0.25) is 0 Å². The van der Waals surface area contributed by atoms with Gasteiger partial charge in [-0.05, 0) is 77.3 Å². The van der Waals surface area contributed by atoms with Gasteiger partial charge in [-0.25, -0.2) is 4.39 Å². The van der Waals surface area contributed by atoms with Gasteiger partial charge in [0, 0.05) is 5.56 Å². The van der Waals surface area contributed by atoms with Crippen LogP contribution in [-0.2, 0) is 10.5 Å². The van der Waals surface area contributed by atoms with E-state index in [0.717, 1.165) is 29.2 Å². The molecule has 0 aromatic heterocycles. The summed E-state index contributed by atoms with van der Waals surface area (Å²) >= 11 is 4.15. The Kier molecular flexibility index (Phi) is 5.43. The number of halogens is 1. The minimum absolute atomic E-state index is 0.0377. The summed E-state index contributed by atoms with van der Waals surface area (Å²) in [4.78, 5) is 0. The second-order valence-corrected chi connectivity index (χ2v) is 12.0. The molecule has 150 valence electrons. The van der Waals surface area contributed by atoms with E-state index in [1.165, 1.54) is 67.4 Å². The van der Waals surface area contributed by atoms with Crippen molar-refractivity contribution in [3.8, 4) is 0 Å². The van der Waals surface area contributed by atoms with Crippen LogP contribution in [0.5, 0.6) is 0 Å². The standard InChI is InChI=1S/C25H31FS2/c1-2-6-17-9-11-18(12-10-17)22-16-21-20-8-4-3-7-19(20)15-23(26)24(21)25(22)27-13-5-14-28-25/h3-4,7-8,15,17-18,22H,2,5-6,9-14,16H2,1H3. The van der Waals surface area contributed by atoms with Gasteiger partial charge in [0.25, 0.3) is 0 Å². The first kappa shape index (κ1) is 19.3. The highest BCUT2D eigenvalue weighted by atomic mass is 32.2. The zero-order valence-corrected chi connectivity index (χ0v) is 18.5. The molecule has 5 rings (SSSR count). The van der Waals surface area contributed by atoms with Crippen molar-refractivity contribution in [2.45, 2.75) is 62.4 Å². The number of hydrogen-bond donors (Lipinski definition) is 0. The van der Waals surface area contributed by atoms with Crippen LogP contribution in [0.25, 0.3) is 10.8 Å². The molecule has 3 aliphatic rings. The molecular weight excluding hydrogens is 383 g/mol. The van der Waals surface area contributed by atoms with Crippen molar-refractivity contribution in [3.05, 3.63) is 47.3 Å². The summed E-state index contributed by atoms with van der Waals surface area (Å²) < 4.78 is 15.5. The van der Waals surface area contributed by atoms with Gasteiger partial charge in [-0.2, -0.15) is 0 Å². The molecule has 1 heterocycles. The third-order valence-electron chi connectivity index (χ3n) is 7.45. The number of thioether (sulfide) groups is 2. The van der Waals surface area contributed by atoms with E-state index in [0.29, 0.717) is 5.92 Å². The lowest BCUT2D eigenvalue weighted by molar-refractivity contribution is 0.193. The molecule has 3 heteroatoms. The summed E-state index contributed by atoms with van der Waals surface area (Å²) in [6, 6.07) is 10.3. The second kappa shape index (κ2) is 7.87. The molecule has 0 N–H and O–H groups in total. The molecule has 28 heavy (non-hydrogen) atoms. The Labute approximate surface area is 177 Å². The molecule has 0 amide bonds. The van der Waals surface area contributed by atoms with Crippen molar-refractivity contribution < 1.29 is 4.39 Å². The third kappa shape index (κ3) is 3.12. The fraction of sp³-hybridized carbons (Fsp3) is 0.600. The zero-order valence-electron chi connectivity index (χ0n) is 16.9. The normalized spacial score (nSPS) is 29.3. The number of fused-ring (bicyclic) bond motifs is 4. The largest absolute Gasteiger partial charge is 0.207 e. The van der Waals surface area contributed by atoms with E-state index in [2.05, 4.69) is 48.6 Å². The van der Waals surface area contributed by atoms with E-state index in [9.17, 15) is 0 Å². The molecule has 1 saturated carbocycles. The molecule has 1 atom stereocenters. The molecule has 1 saturated heterocycles. The summed E-state index contributed by atoms with van der Waals surface area (Å²) in [5.74, 6) is 4.71. The fourth-order valence-electron chi connectivity index (χ4n) is 6.18. The summed E-state index contributed by atoms with van der Waals surface area (Å²) in [6.45, 7) is 2.32. The van der Waals surface area contributed by atoms with Gasteiger partial charge in [0.2, 0.25) is 0 Å². The predicted molar refractivity (Wildman–Crippen MR) is 123 cm³/mol. The van der Waals surface area contributed by atoms with Crippen LogP contribution in [0.1, 0.15) is 63.0 Å². The molecule has 1 unspecified atom stereocenters. The van der Waals surface area contributed by atoms with Crippen LogP contribution in [-0.4, -0.2) is 11.5 Å². The van der Waals surface area contributed by atoms with Crippen molar-refractivity contribution in [1.82, 2.24) is 0 Å². The first-order chi connectivity index (χ1) is 13.7. The Morgan fingerprint density at radius 3 is 2.57 bits per heavy atom. The maximum Gasteiger partial charge on any atom is 0.129 e. The fourth-order valence-corrected chi connectivity index (χ4v) is 10.1. The van der Waals surface area contributed by atoms with Crippen LogP contribution >= 0.6 is 23.5 Å². The van der Waals surface area contributed by atoms with E-state index < -0.39 is 0 Å². The Morgan fingerprint density at radius 2 is 1.82 bits per heavy atom. The van der Waals surface area contributed by atoms with Gasteiger partial charge < -0.3 is 0 Å². The molecule has 2 fully saturated rings. The molecular formula is C25H31FS2. The molecule has 0 radical (unpaired) electrons. The monoisotopic (exact) mass is 414 g/mol. The lowest BCUT2D eigenvalue weighted by Crippen LogP contribution is -2.35. The highest BCUT2D eigenvalue weighted by Crippen LogP contribution is 2.65. The van der Waals surface area contributed by atoms with E-state index in [1.54, 1.807) is 0 Å². The third-order valence-corrected chi connectivity index (χ3v) is 11.0. The van der Waals surface area contributed by atoms with Gasteiger partial charge in [-0.1, -0.05) is 56.9 Å².